The van der Waals surface area contributed by atoms with Crippen LogP contribution < -0.4 is 20.7 Å². The van der Waals surface area contributed by atoms with Crippen molar-refractivity contribution in [3.8, 4) is 5.75 Å². The third-order valence-electron chi connectivity index (χ3n) is 5.26. The van der Waals surface area contributed by atoms with Gasteiger partial charge in [0.05, 0.1) is 18.5 Å². The molecule has 0 radical (unpaired) electrons. The molecule has 1 saturated heterocycles. The number of aliphatic hydroxyl groups excluding tert-OH is 1. The van der Waals surface area contributed by atoms with Crippen LogP contribution in [0.2, 0.25) is 0 Å². The van der Waals surface area contributed by atoms with Crippen molar-refractivity contribution < 1.29 is 32.6 Å². The second kappa shape index (κ2) is 11.0. The molecule has 2 amide bonds. The van der Waals surface area contributed by atoms with Crippen molar-refractivity contribution in [2.45, 2.75) is 25.1 Å². The molecule has 0 spiro atoms. The molecule has 1 unspecified atom stereocenters. The standard InChI is InChI=1S/C22H25F3N6O4/c1-3-18(33)28-17-9-14(35-2)6-7-16(17)29-20-15(22(23,24)25)10-26-21(30-20)27-13-5-4-8-31(11-13)19(34)12-32/h3,6-7,9-10,13,32H,1,4-5,8,11-12H2,2H3,(H,28,33)(H2,26,27,29,30). The van der Waals surface area contributed by atoms with Gasteiger partial charge in [0.2, 0.25) is 17.8 Å². The number of aliphatic hydroxyl groups is 1. The molecule has 2 heterocycles. The Hall–Kier alpha value is -3.87. The van der Waals surface area contributed by atoms with Gasteiger partial charge in [-0.2, -0.15) is 18.2 Å². The lowest BCUT2D eigenvalue weighted by Crippen LogP contribution is -2.46. The lowest BCUT2D eigenvalue weighted by molar-refractivity contribution is -0.137. The molecule has 1 aromatic carbocycles. The number of alkyl halides is 3. The van der Waals surface area contributed by atoms with Crippen molar-refractivity contribution in [2.75, 3.05) is 42.8 Å². The predicted molar refractivity (Wildman–Crippen MR) is 122 cm³/mol. The van der Waals surface area contributed by atoms with Gasteiger partial charge in [-0.1, -0.05) is 6.58 Å². The maximum absolute atomic E-state index is 13.7. The number of methoxy groups -OCH3 is 1. The number of hydrogen-bond acceptors (Lipinski definition) is 8. The SMILES string of the molecule is C=CC(=O)Nc1cc(OC)ccc1Nc1nc(NC2CCCN(C(=O)CO)C2)ncc1C(F)(F)F. The van der Waals surface area contributed by atoms with Gasteiger partial charge in [-0.3, -0.25) is 9.59 Å². The third-order valence-corrected chi connectivity index (χ3v) is 5.26. The van der Waals surface area contributed by atoms with Crippen LogP contribution in [-0.4, -0.2) is 64.6 Å². The number of halogens is 3. The summed E-state index contributed by atoms with van der Waals surface area (Å²) in [6.45, 7) is 3.48. The fourth-order valence-electron chi connectivity index (χ4n) is 3.53. The quantitative estimate of drug-likeness (QED) is 0.413. The molecule has 188 valence electrons. The predicted octanol–water partition coefficient (Wildman–Crippen LogP) is 2.77. The second-order valence-electron chi connectivity index (χ2n) is 7.66. The van der Waals surface area contributed by atoms with Gasteiger partial charge in [-0.25, -0.2) is 4.98 Å². The Morgan fingerprint density at radius 3 is 2.77 bits per heavy atom. The number of nitrogens with one attached hydrogen (secondary N) is 3. The van der Waals surface area contributed by atoms with Crippen LogP contribution in [0.25, 0.3) is 0 Å². The van der Waals surface area contributed by atoms with E-state index >= 15 is 0 Å². The molecule has 0 bridgehead atoms. The maximum atomic E-state index is 13.7. The molecule has 3 rings (SSSR count). The van der Waals surface area contributed by atoms with Gasteiger partial charge in [0.25, 0.3) is 0 Å². The van der Waals surface area contributed by atoms with E-state index in [1.165, 1.54) is 30.2 Å². The Labute approximate surface area is 199 Å². The van der Waals surface area contributed by atoms with Gasteiger partial charge >= 0.3 is 6.18 Å². The minimum absolute atomic E-state index is 0.0750. The number of carbonyl (C=O) groups excluding carboxylic acids is 2. The van der Waals surface area contributed by atoms with Crippen LogP contribution in [0.4, 0.5) is 36.3 Å². The Balaban J connectivity index is 1.91. The number of benzene rings is 1. The van der Waals surface area contributed by atoms with Gasteiger partial charge < -0.3 is 30.7 Å². The summed E-state index contributed by atoms with van der Waals surface area (Å²) in [6.07, 6.45) is -1.80. The van der Waals surface area contributed by atoms with E-state index in [1.807, 2.05) is 0 Å². The van der Waals surface area contributed by atoms with Crippen LogP contribution >= 0.6 is 0 Å². The fourth-order valence-corrected chi connectivity index (χ4v) is 3.53. The molecular weight excluding hydrogens is 469 g/mol. The van der Waals surface area contributed by atoms with E-state index in [-0.39, 0.29) is 29.9 Å². The molecule has 1 aliphatic heterocycles. The van der Waals surface area contributed by atoms with Crippen LogP contribution in [-0.2, 0) is 15.8 Å². The summed E-state index contributed by atoms with van der Waals surface area (Å²) in [5, 5.41) is 17.2. The van der Waals surface area contributed by atoms with Crippen LogP contribution in [0.15, 0.2) is 37.1 Å². The number of nitrogens with zero attached hydrogens (tertiary/aromatic N) is 3. The molecule has 1 aliphatic rings. The summed E-state index contributed by atoms with van der Waals surface area (Å²) in [6, 6.07) is 4.07. The van der Waals surface area contributed by atoms with Crippen LogP contribution in [0, 0.1) is 0 Å². The molecule has 4 N–H and O–H groups in total. The highest BCUT2D eigenvalue weighted by Gasteiger charge is 2.36. The molecule has 1 aromatic heterocycles. The monoisotopic (exact) mass is 494 g/mol. The van der Waals surface area contributed by atoms with Crippen molar-refractivity contribution >= 4 is 35.0 Å². The molecule has 10 nitrogen and oxygen atoms in total. The molecule has 2 aromatic rings. The first kappa shape index (κ1) is 25.7. The summed E-state index contributed by atoms with van der Waals surface area (Å²) in [7, 11) is 1.41. The summed E-state index contributed by atoms with van der Waals surface area (Å²) in [5.74, 6) is -1.24. The summed E-state index contributed by atoms with van der Waals surface area (Å²) < 4.78 is 46.2. The largest absolute Gasteiger partial charge is 0.497 e. The van der Waals surface area contributed by atoms with Crippen LogP contribution in [0.3, 0.4) is 0 Å². The third kappa shape index (κ3) is 6.59. The lowest BCUT2D eigenvalue weighted by Gasteiger charge is -2.32. The smallest absolute Gasteiger partial charge is 0.421 e. The number of rotatable bonds is 8. The number of aromatic nitrogens is 2. The minimum atomic E-state index is -4.76. The molecule has 0 aliphatic carbocycles. The minimum Gasteiger partial charge on any atom is -0.497 e. The topological polar surface area (TPSA) is 129 Å². The summed E-state index contributed by atoms with van der Waals surface area (Å²) in [4.78, 5) is 32.9. The van der Waals surface area contributed by atoms with E-state index < -0.39 is 36.0 Å². The van der Waals surface area contributed by atoms with Gasteiger partial charge in [-0.15, -0.1) is 0 Å². The molecule has 35 heavy (non-hydrogen) atoms. The second-order valence-corrected chi connectivity index (χ2v) is 7.66. The van der Waals surface area contributed by atoms with E-state index in [0.29, 0.717) is 31.3 Å². The highest BCUT2D eigenvalue weighted by Crippen LogP contribution is 2.37. The van der Waals surface area contributed by atoms with Crippen molar-refractivity contribution in [2.24, 2.45) is 0 Å². The van der Waals surface area contributed by atoms with E-state index in [1.54, 1.807) is 0 Å². The summed E-state index contributed by atoms with van der Waals surface area (Å²) in [5.41, 5.74) is -0.824. The molecule has 13 heteroatoms. The van der Waals surface area contributed by atoms with Crippen molar-refractivity contribution in [3.63, 3.8) is 0 Å². The molecule has 1 atom stereocenters. The number of likely N-dealkylation sites (tertiary alicyclic amines) is 1. The van der Waals surface area contributed by atoms with E-state index in [2.05, 4.69) is 32.5 Å². The first-order valence-corrected chi connectivity index (χ1v) is 10.6. The number of ether oxygens (including phenoxy) is 1. The van der Waals surface area contributed by atoms with Crippen molar-refractivity contribution in [3.05, 3.63) is 42.6 Å². The van der Waals surface area contributed by atoms with E-state index in [0.717, 1.165) is 6.08 Å². The van der Waals surface area contributed by atoms with Crippen molar-refractivity contribution in [1.82, 2.24) is 14.9 Å². The number of piperidine rings is 1. The lowest BCUT2D eigenvalue weighted by atomic mass is 10.1. The number of anilines is 4. The zero-order valence-electron chi connectivity index (χ0n) is 18.9. The number of amides is 2. The molecule has 1 fully saturated rings. The van der Waals surface area contributed by atoms with Gasteiger partial charge in [-0.05, 0) is 31.1 Å². The van der Waals surface area contributed by atoms with Crippen molar-refractivity contribution in [1.29, 1.82) is 0 Å². The maximum Gasteiger partial charge on any atom is 0.421 e. The van der Waals surface area contributed by atoms with E-state index in [4.69, 9.17) is 9.84 Å². The highest BCUT2D eigenvalue weighted by atomic mass is 19.4. The average Bonchev–Trinajstić information content (AvgIpc) is 2.84. The van der Waals surface area contributed by atoms with E-state index in [9.17, 15) is 22.8 Å². The first-order valence-electron chi connectivity index (χ1n) is 10.6. The fraction of sp³-hybridized carbons (Fsp3) is 0.364. The Morgan fingerprint density at radius 1 is 1.34 bits per heavy atom. The number of hydrogen-bond donors (Lipinski definition) is 4. The van der Waals surface area contributed by atoms with Gasteiger partial charge in [0.15, 0.2) is 0 Å². The average molecular weight is 494 g/mol. The zero-order chi connectivity index (χ0) is 25.6. The Kier molecular flexibility index (Phi) is 8.12. The normalized spacial score (nSPS) is 15.8. The zero-order valence-corrected chi connectivity index (χ0v) is 18.9. The van der Waals surface area contributed by atoms with Crippen LogP contribution in [0.5, 0.6) is 5.75 Å². The number of carbonyl (C=O) groups is 2. The van der Waals surface area contributed by atoms with Crippen LogP contribution in [0.1, 0.15) is 18.4 Å². The summed E-state index contributed by atoms with van der Waals surface area (Å²) >= 11 is 0. The first-order chi connectivity index (χ1) is 16.6. The molecular formula is C22H25F3N6O4. The Bertz CT molecular complexity index is 1100. The van der Waals surface area contributed by atoms with Gasteiger partial charge in [0, 0.05) is 31.4 Å². The van der Waals surface area contributed by atoms with Gasteiger partial charge in [0.1, 0.15) is 23.7 Å². The molecule has 0 saturated carbocycles. The Morgan fingerprint density at radius 2 is 2.11 bits per heavy atom. The highest BCUT2D eigenvalue weighted by molar-refractivity contribution is 6.01.